The molecule has 2 aromatic carbocycles. The molecular weight excluding hydrogens is 384 g/mol. The average Bonchev–Trinajstić information content (AvgIpc) is 3.21. The molecule has 0 bridgehead atoms. The SMILES string of the molecule is O=C(OCCO)c1ccc2c(c1)ncn2-c1cccc(N2CCN(CCO)CC2)c1. The minimum absolute atomic E-state index is 0.0215. The van der Waals surface area contributed by atoms with Crippen molar-refractivity contribution in [2.24, 2.45) is 0 Å². The van der Waals surface area contributed by atoms with Crippen molar-refractivity contribution in [1.82, 2.24) is 14.5 Å². The second-order valence-electron chi connectivity index (χ2n) is 7.25. The maximum atomic E-state index is 12.0. The summed E-state index contributed by atoms with van der Waals surface area (Å²) < 4.78 is 6.98. The Balaban J connectivity index is 1.54. The van der Waals surface area contributed by atoms with Crippen LogP contribution in [0, 0.1) is 0 Å². The zero-order chi connectivity index (χ0) is 20.9. The fourth-order valence-electron chi connectivity index (χ4n) is 3.78. The first-order valence-electron chi connectivity index (χ1n) is 10.1. The summed E-state index contributed by atoms with van der Waals surface area (Å²) in [5.41, 5.74) is 4.18. The number of aliphatic hydroxyl groups is 2. The van der Waals surface area contributed by atoms with E-state index in [0.29, 0.717) is 11.1 Å². The number of benzene rings is 2. The van der Waals surface area contributed by atoms with E-state index in [4.69, 9.17) is 14.9 Å². The van der Waals surface area contributed by atoms with Crippen LogP contribution in [0.2, 0.25) is 0 Å². The third-order valence-corrected chi connectivity index (χ3v) is 5.37. The number of hydrogen-bond acceptors (Lipinski definition) is 7. The molecule has 1 fully saturated rings. The van der Waals surface area contributed by atoms with Gasteiger partial charge in [0.05, 0.1) is 29.8 Å². The van der Waals surface area contributed by atoms with Gasteiger partial charge in [0.1, 0.15) is 12.9 Å². The molecular formula is C22H26N4O4. The summed E-state index contributed by atoms with van der Waals surface area (Å²) in [6, 6.07) is 13.6. The molecule has 8 heteroatoms. The molecule has 0 spiro atoms. The Morgan fingerprint density at radius 2 is 1.80 bits per heavy atom. The van der Waals surface area contributed by atoms with E-state index in [1.54, 1.807) is 18.5 Å². The highest BCUT2D eigenvalue weighted by atomic mass is 16.5. The fourth-order valence-corrected chi connectivity index (χ4v) is 3.78. The summed E-state index contributed by atoms with van der Waals surface area (Å²) >= 11 is 0. The van der Waals surface area contributed by atoms with E-state index < -0.39 is 5.97 Å². The van der Waals surface area contributed by atoms with Gasteiger partial charge in [-0.1, -0.05) is 6.07 Å². The van der Waals surface area contributed by atoms with Crippen LogP contribution in [-0.2, 0) is 4.74 Å². The first kappa shape index (κ1) is 20.3. The number of aliphatic hydroxyl groups excluding tert-OH is 2. The molecule has 0 saturated carbocycles. The Labute approximate surface area is 174 Å². The van der Waals surface area contributed by atoms with Gasteiger partial charge in [0.15, 0.2) is 0 Å². The second-order valence-corrected chi connectivity index (χ2v) is 7.25. The van der Waals surface area contributed by atoms with E-state index in [9.17, 15) is 4.79 Å². The zero-order valence-electron chi connectivity index (χ0n) is 16.8. The number of hydrogen-bond donors (Lipinski definition) is 2. The maximum Gasteiger partial charge on any atom is 0.338 e. The third kappa shape index (κ3) is 4.30. The zero-order valence-corrected chi connectivity index (χ0v) is 16.8. The number of rotatable bonds is 7. The third-order valence-electron chi connectivity index (χ3n) is 5.37. The number of ether oxygens (including phenoxy) is 1. The number of nitrogens with zero attached hydrogens (tertiary/aromatic N) is 4. The number of aromatic nitrogens is 2. The van der Waals surface area contributed by atoms with Crippen molar-refractivity contribution in [1.29, 1.82) is 0 Å². The monoisotopic (exact) mass is 410 g/mol. The predicted octanol–water partition coefficient (Wildman–Crippen LogP) is 1.29. The van der Waals surface area contributed by atoms with E-state index in [1.165, 1.54) is 0 Å². The molecule has 0 aliphatic carbocycles. The van der Waals surface area contributed by atoms with E-state index in [1.807, 2.05) is 22.8 Å². The van der Waals surface area contributed by atoms with Crippen LogP contribution in [0.4, 0.5) is 5.69 Å². The highest BCUT2D eigenvalue weighted by Gasteiger charge is 2.17. The smallest absolute Gasteiger partial charge is 0.338 e. The highest BCUT2D eigenvalue weighted by Crippen LogP contribution is 2.24. The summed E-state index contributed by atoms with van der Waals surface area (Å²) in [6.45, 7) is 4.43. The van der Waals surface area contributed by atoms with Crippen LogP contribution in [0.3, 0.4) is 0 Å². The van der Waals surface area contributed by atoms with Crippen LogP contribution >= 0.6 is 0 Å². The van der Waals surface area contributed by atoms with Gasteiger partial charge in [0.25, 0.3) is 0 Å². The molecule has 0 unspecified atom stereocenters. The van der Waals surface area contributed by atoms with Crippen molar-refractivity contribution in [3.05, 3.63) is 54.4 Å². The number of piperazine rings is 1. The molecule has 1 aliphatic rings. The minimum Gasteiger partial charge on any atom is -0.460 e. The number of anilines is 1. The number of carbonyl (C=O) groups excluding carboxylic acids is 1. The Bertz CT molecular complexity index is 1010. The first-order valence-corrected chi connectivity index (χ1v) is 10.1. The Kier molecular flexibility index (Phi) is 6.27. The summed E-state index contributed by atoms with van der Waals surface area (Å²) in [5.74, 6) is -0.470. The lowest BCUT2D eigenvalue weighted by atomic mass is 10.2. The van der Waals surface area contributed by atoms with Crippen molar-refractivity contribution in [2.45, 2.75) is 0 Å². The van der Waals surface area contributed by atoms with Gasteiger partial charge in [0.2, 0.25) is 0 Å². The highest BCUT2D eigenvalue weighted by molar-refractivity contribution is 5.94. The first-order chi connectivity index (χ1) is 14.7. The van der Waals surface area contributed by atoms with Crippen LogP contribution in [0.1, 0.15) is 10.4 Å². The molecule has 30 heavy (non-hydrogen) atoms. The number of β-amino-alcohol motifs (C(OH)–C–C–N with tert-alkyl or cyclic N) is 1. The van der Waals surface area contributed by atoms with E-state index in [2.05, 4.69) is 26.9 Å². The van der Waals surface area contributed by atoms with Gasteiger partial charge in [-0.25, -0.2) is 9.78 Å². The Morgan fingerprint density at radius 3 is 2.57 bits per heavy atom. The molecule has 1 aliphatic heterocycles. The quantitative estimate of drug-likeness (QED) is 0.567. The molecule has 1 aromatic heterocycles. The molecule has 2 N–H and O–H groups in total. The van der Waals surface area contributed by atoms with Gasteiger partial charge in [0, 0.05) is 44.1 Å². The Hall–Kier alpha value is -2.94. The largest absolute Gasteiger partial charge is 0.460 e. The van der Waals surface area contributed by atoms with Crippen LogP contribution in [-0.4, -0.2) is 83.2 Å². The standard InChI is InChI=1S/C22H26N4O4/c27-11-10-24-6-8-25(9-7-24)18-2-1-3-19(15-18)26-16-23-20-14-17(4-5-21(20)26)22(29)30-13-12-28/h1-5,14-16,27-28H,6-13H2. The molecule has 0 amide bonds. The average molecular weight is 410 g/mol. The van der Waals surface area contributed by atoms with Crippen molar-refractivity contribution < 1.29 is 19.7 Å². The number of imidazole rings is 1. The van der Waals surface area contributed by atoms with Crippen molar-refractivity contribution in [3.63, 3.8) is 0 Å². The van der Waals surface area contributed by atoms with E-state index in [0.717, 1.165) is 49.6 Å². The summed E-state index contributed by atoms with van der Waals surface area (Å²) in [6.07, 6.45) is 1.76. The topological polar surface area (TPSA) is 91.1 Å². The molecule has 2 heterocycles. The fraction of sp³-hybridized carbons (Fsp3) is 0.364. The maximum absolute atomic E-state index is 12.0. The molecule has 158 valence electrons. The van der Waals surface area contributed by atoms with Crippen molar-refractivity contribution in [2.75, 3.05) is 57.4 Å². The van der Waals surface area contributed by atoms with E-state index >= 15 is 0 Å². The summed E-state index contributed by atoms with van der Waals surface area (Å²) in [4.78, 5) is 21.1. The lowest BCUT2D eigenvalue weighted by Crippen LogP contribution is -2.47. The molecule has 4 rings (SSSR count). The van der Waals surface area contributed by atoms with Crippen LogP contribution in [0.15, 0.2) is 48.8 Å². The number of carbonyl (C=O) groups is 1. The van der Waals surface area contributed by atoms with Crippen LogP contribution in [0.5, 0.6) is 0 Å². The van der Waals surface area contributed by atoms with Gasteiger partial charge < -0.3 is 19.8 Å². The van der Waals surface area contributed by atoms with Crippen LogP contribution < -0.4 is 4.90 Å². The number of esters is 1. The van der Waals surface area contributed by atoms with Gasteiger partial charge in [-0.2, -0.15) is 0 Å². The Morgan fingerprint density at radius 1 is 1.00 bits per heavy atom. The van der Waals surface area contributed by atoms with Crippen LogP contribution in [0.25, 0.3) is 16.7 Å². The summed E-state index contributed by atoms with van der Waals surface area (Å²) in [7, 11) is 0. The van der Waals surface area contributed by atoms with E-state index in [-0.39, 0.29) is 19.8 Å². The normalized spacial score (nSPS) is 14.9. The molecule has 3 aromatic rings. The van der Waals surface area contributed by atoms with Gasteiger partial charge >= 0.3 is 5.97 Å². The summed E-state index contributed by atoms with van der Waals surface area (Å²) in [5, 5.41) is 17.9. The molecule has 0 atom stereocenters. The van der Waals surface area contributed by atoms with Gasteiger partial charge in [-0.05, 0) is 36.4 Å². The number of fused-ring (bicyclic) bond motifs is 1. The molecule has 1 saturated heterocycles. The van der Waals surface area contributed by atoms with Crippen molar-refractivity contribution >= 4 is 22.7 Å². The van der Waals surface area contributed by atoms with Crippen molar-refractivity contribution in [3.8, 4) is 5.69 Å². The predicted molar refractivity (Wildman–Crippen MR) is 114 cm³/mol. The minimum atomic E-state index is -0.470. The van der Waals surface area contributed by atoms with Gasteiger partial charge in [-0.15, -0.1) is 0 Å². The second kappa shape index (κ2) is 9.25. The van der Waals surface area contributed by atoms with Gasteiger partial charge in [-0.3, -0.25) is 9.47 Å². The lowest BCUT2D eigenvalue weighted by Gasteiger charge is -2.36. The lowest BCUT2D eigenvalue weighted by molar-refractivity contribution is 0.0434. The molecule has 0 radical (unpaired) electrons. The molecule has 8 nitrogen and oxygen atoms in total.